The molecule has 0 aromatic rings. The summed E-state index contributed by atoms with van der Waals surface area (Å²) in [6.07, 6.45) is -3.37. The fourth-order valence-electron chi connectivity index (χ4n) is 1.56. The molecule has 102 valence electrons. The van der Waals surface area contributed by atoms with Gasteiger partial charge in [-0.1, -0.05) is 13.8 Å². The molecule has 17 heavy (non-hydrogen) atoms. The molecular weight excluding hydrogens is 228 g/mol. The second kappa shape index (κ2) is 6.08. The van der Waals surface area contributed by atoms with Gasteiger partial charge in [0, 0.05) is 6.61 Å². The van der Waals surface area contributed by atoms with Gasteiger partial charge in [0.05, 0.1) is 6.61 Å². The van der Waals surface area contributed by atoms with Gasteiger partial charge in [-0.05, 0) is 12.3 Å². The van der Waals surface area contributed by atoms with Gasteiger partial charge in [-0.3, -0.25) is 0 Å². The molecule has 0 bridgehead atoms. The third-order valence-corrected chi connectivity index (χ3v) is 2.83. The van der Waals surface area contributed by atoms with Gasteiger partial charge in [0.1, 0.15) is 24.9 Å². The molecule has 1 aliphatic heterocycles. The zero-order valence-corrected chi connectivity index (χ0v) is 10.2. The smallest absolute Gasteiger partial charge is 0.219 e. The van der Waals surface area contributed by atoms with Crippen molar-refractivity contribution in [2.24, 2.45) is 5.92 Å². The highest BCUT2D eigenvalue weighted by atomic mass is 16.7. The van der Waals surface area contributed by atoms with Crippen LogP contribution in [0.3, 0.4) is 0 Å². The van der Waals surface area contributed by atoms with Crippen molar-refractivity contribution in [1.29, 1.82) is 0 Å². The molecule has 6 nitrogen and oxygen atoms in total. The molecule has 0 aromatic carbocycles. The van der Waals surface area contributed by atoms with Crippen molar-refractivity contribution < 1.29 is 29.9 Å². The molecule has 6 heteroatoms. The quantitative estimate of drug-likeness (QED) is 0.460. The van der Waals surface area contributed by atoms with Crippen LogP contribution in [0, 0.1) is 5.92 Å². The van der Waals surface area contributed by atoms with Crippen molar-refractivity contribution in [1.82, 2.24) is 0 Å². The number of hydrogen-bond acceptors (Lipinski definition) is 6. The van der Waals surface area contributed by atoms with E-state index in [9.17, 15) is 20.4 Å². The Morgan fingerprint density at radius 1 is 1.35 bits per heavy atom. The molecule has 0 radical (unpaired) electrons. The molecule has 1 aliphatic rings. The number of aliphatic hydroxyl groups excluding tert-OH is 3. The van der Waals surface area contributed by atoms with Crippen LogP contribution in [0.4, 0.5) is 0 Å². The van der Waals surface area contributed by atoms with E-state index in [1.54, 1.807) is 0 Å². The summed E-state index contributed by atoms with van der Waals surface area (Å²) < 4.78 is 10.2. The van der Waals surface area contributed by atoms with Crippen LogP contribution in [-0.4, -0.2) is 64.3 Å². The molecular formula is C11H22O6. The first-order valence-electron chi connectivity index (χ1n) is 5.85. The number of rotatable bonds is 5. The monoisotopic (exact) mass is 250 g/mol. The van der Waals surface area contributed by atoms with E-state index in [0.717, 1.165) is 6.42 Å². The Kier molecular flexibility index (Phi) is 5.30. The topological polar surface area (TPSA) is 99.4 Å². The van der Waals surface area contributed by atoms with Gasteiger partial charge in [0.25, 0.3) is 0 Å². The number of hydrogen-bond donors (Lipinski definition) is 4. The van der Waals surface area contributed by atoms with Crippen LogP contribution >= 0.6 is 0 Å². The third kappa shape index (κ3) is 3.87. The van der Waals surface area contributed by atoms with Crippen LogP contribution in [0.2, 0.25) is 0 Å². The molecule has 1 saturated heterocycles. The van der Waals surface area contributed by atoms with Gasteiger partial charge in [-0.2, -0.15) is 0 Å². The molecule has 0 aromatic heterocycles. The highest BCUT2D eigenvalue weighted by Crippen LogP contribution is 2.24. The summed E-state index contributed by atoms with van der Waals surface area (Å²) in [5.41, 5.74) is 0. The maximum atomic E-state index is 9.92. The van der Waals surface area contributed by atoms with E-state index in [0.29, 0.717) is 12.5 Å². The van der Waals surface area contributed by atoms with E-state index in [2.05, 4.69) is 0 Å². The minimum absolute atomic E-state index is 0.231. The first-order chi connectivity index (χ1) is 7.87. The molecule has 4 atom stereocenters. The normalized spacial score (nSPS) is 38.6. The maximum absolute atomic E-state index is 9.92. The molecule has 4 N–H and O–H groups in total. The van der Waals surface area contributed by atoms with Crippen LogP contribution in [0.25, 0.3) is 0 Å². The Morgan fingerprint density at radius 2 is 2.00 bits per heavy atom. The SMILES string of the molecule is CC(C)CCOC[C@@]1(O)OC[C@@H](O)[C@@H](O)[C@@H]1O. The van der Waals surface area contributed by atoms with Crippen LogP contribution in [0.5, 0.6) is 0 Å². The summed E-state index contributed by atoms with van der Waals surface area (Å²) >= 11 is 0. The van der Waals surface area contributed by atoms with Crippen LogP contribution in [0.1, 0.15) is 20.3 Å². The average Bonchev–Trinajstić information content (AvgIpc) is 2.28. The van der Waals surface area contributed by atoms with Crippen molar-refractivity contribution in [3.8, 4) is 0 Å². The molecule has 1 rings (SSSR count). The molecule has 0 saturated carbocycles. The standard InChI is InChI=1S/C11H22O6/c1-7(2)3-4-16-6-11(15)10(14)9(13)8(12)5-17-11/h7-10,12-15H,3-6H2,1-2H3/t8-,9-,10+,11-/m1/s1. The summed E-state index contributed by atoms with van der Waals surface area (Å²) in [4.78, 5) is 0. The van der Waals surface area contributed by atoms with E-state index >= 15 is 0 Å². The van der Waals surface area contributed by atoms with E-state index < -0.39 is 24.1 Å². The second-order valence-corrected chi connectivity index (χ2v) is 4.89. The third-order valence-electron chi connectivity index (χ3n) is 2.83. The highest BCUT2D eigenvalue weighted by Gasteiger charge is 2.48. The summed E-state index contributed by atoms with van der Waals surface area (Å²) in [7, 11) is 0. The molecule has 0 amide bonds. The Morgan fingerprint density at radius 3 is 2.59 bits per heavy atom. The van der Waals surface area contributed by atoms with Gasteiger partial charge in [-0.15, -0.1) is 0 Å². The second-order valence-electron chi connectivity index (χ2n) is 4.89. The summed E-state index contributed by atoms with van der Waals surface area (Å²) in [6.45, 7) is 4.07. The van der Waals surface area contributed by atoms with Crippen molar-refractivity contribution in [2.75, 3.05) is 19.8 Å². The highest BCUT2D eigenvalue weighted by molar-refractivity contribution is 4.91. The Balaban J connectivity index is 2.39. The van der Waals surface area contributed by atoms with Crippen molar-refractivity contribution in [3.05, 3.63) is 0 Å². The Bertz CT molecular complexity index is 234. The summed E-state index contributed by atoms with van der Waals surface area (Å²) in [6, 6.07) is 0. The zero-order valence-electron chi connectivity index (χ0n) is 10.2. The lowest BCUT2D eigenvalue weighted by Gasteiger charge is -2.41. The number of aliphatic hydroxyl groups is 4. The number of ether oxygens (including phenoxy) is 2. The van der Waals surface area contributed by atoms with Gasteiger partial charge in [0.2, 0.25) is 5.79 Å². The van der Waals surface area contributed by atoms with E-state index in [1.165, 1.54) is 0 Å². The first-order valence-corrected chi connectivity index (χ1v) is 5.85. The summed E-state index contributed by atoms with van der Waals surface area (Å²) in [5.74, 6) is -1.47. The lowest BCUT2D eigenvalue weighted by atomic mass is 9.97. The molecule has 0 spiro atoms. The minimum atomic E-state index is -1.95. The Labute approximate surface area is 101 Å². The predicted molar refractivity (Wildman–Crippen MR) is 59.2 cm³/mol. The van der Waals surface area contributed by atoms with Crippen LogP contribution < -0.4 is 0 Å². The van der Waals surface area contributed by atoms with Crippen LogP contribution in [-0.2, 0) is 9.47 Å². The molecule has 0 unspecified atom stereocenters. The van der Waals surface area contributed by atoms with Gasteiger partial charge >= 0.3 is 0 Å². The van der Waals surface area contributed by atoms with Crippen molar-refractivity contribution in [3.63, 3.8) is 0 Å². The lowest BCUT2D eigenvalue weighted by Crippen LogP contribution is -2.62. The fourth-order valence-corrected chi connectivity index (χ4v) is 1.56. The lowest BCUT2D eigenvalue weighted by molar-refractivity contribution is -0.335. The van der Waals surface area contributed by atoms with E-state index in [4.69, 9.17) is 9.47 Å². The van der Waals surface area contributed by atoms with Crippen LogP contribution in [0.15, 0.2) is 0 Å². The van der Waals surface area contributed by atoms with E-state index in [-0.39, 0.29) is 13.2 Å². The van der Waals surface area contributed by atoms with E-state index in [1.807, 2.05) is 13.8 Å². The van der Waals surface area contributed by atoms with Gasteiger partial charge < -0.3 is 29.9 Å². The fraction of sp³-hybridized carbons (Fsp3) is 1.00. The van der Waals surface area contributed by atoms with Gasteiger partial charge in [0.15, 0.2) is 0 Å². The maximum Gasteiger partial charge on any atom is 0.219 e. The molecule has 0 aliphatic carbocycles. The summed E-state index contributed by atoms with van der Waals surface area (Å²) in [5, 5.41) is 38.2. The first kappa shape index (κ1) is 14.8. The molecule has 1 fully saturated rings. The van der Waals surface area contributed by atoms with Crippen molar-refractivity contribution in [2.45, 2.75) is 44.4 Å². The van der Waals surface area contributed by atoms with Crippen molar-refractivity contribution >= 4 is 0 Å². The largest absolute Gasteiger partial charge is 0.388 e. The van der Waals surface area contributed by atoms with Gasteiger partial charge in [-0.25, -0.2) is 0 Å². The Hall–Kier alpha value is -0.240. The average molecular weight is 250 g/mol. The predicted octanol–water partition coefficient (Wildman–Crippen LogP) is -1.15. The minimum Gasteiger partial charge on any atom is -0.388 e. The molecule has 1 heterocycles. The zero-order chi connectivity index (χ0) is 13.1.